The molecule has 0 saturated carbocycles. The second-order valence-electron chi connectivity index (χ2n) is 8.46. The molecular weight excluding hydrogens is 376 g/mol. The number of phenols is 1. The molecular formula is C26H22O4. The van der Waals surface area contributed by atoms with Crippen LogP contribution in [0.1, 0.15) is 56.8 Å². The fourth-order valence-corrected chi connectivity index (χ4v) is 6.16. The third kappa shape index (κ3) is 2.08. The summed E-state index contributed by atoms with van der Waals surface area (Å²) >= 11 is 0. The van der Waals surface area contributed by atoms with Crippen molar-refractivity contribution < 1.29 is 19.4 Å². The van der Waals surface area contributed by atoms with Gasteiger partial charge in [0.25, 0.3) is 0 Å². The highest BCUT2D eigenvalue weighted by Crippen LogP contribution is 2.64. The number of ketones is 1. The Bertz CT molecular complexity index is 1230. The van der Waals surface area contributed by atoms with E-state index in [2.05, 4.69) is 30.3 Å². The van der Waals surface area contributed by atoms with Gasteiger partial charge in [-0.3, -0.25) is 4.79 Å². The van der Waals surface area contributed by atoms with Crippen LogP contribution in [0.25, 0.3) is 11.1 Å². The molecule has 3 aliphatic carbocycles. The number of Topliss-reactive ketones (excluding diaryl/α,β-unsaturated/α-hetero) is 1. The van der Waals surface area contributed by atoms with Gasteiger partial charge >= 0.3 is 0 Å². The Morgan fingerprint density at radius 3 is 2.33 bits per heavy atom. The number of ether oxygens (including phenoxy) is 2. The van der Waals surface area contributed by atoms with E-state index in [9.17, 15) is 9.90 Å². The van der Waals surface area contributed by atoms with E-state index in [1.165, 1.54) is 11.1 Å². The van der Waals surface area contributed by atoms with Crippen molar-refractivity contribution in [3.8, 4) is 28.4 Å². The van der Waals surface area contributed by atoms with Crippen molar-refractivity contribution in [3.05, 3.63) is 76.3 Å². The monoisotopic (exact) mass is 398 g/mol. The Morgan fingerprint density at radius 2 is 1.53 bits per heavy atom. The van der Waals surface area contributed by atoms with Crippen LogP contribution in [0, 0.1) is 0 Å². The van der Waals surface area contributed by atoms with Crippen LogP contribution in [0.3, 0.4) is 0 Å². The Balaban J connectivity index is 1.78. The van der Waals surface area contributed by atoms with Crippen LogP contribution >= 0.6 is 0 Å². The van der Waals surface area contributed by atoms with E-state index in [4.69, 9.17) is 9.47 Å². The molecule has 6 rings (SSSR count). The maximum Gasteiger partial charge on any atom is 0.167 e. The van der Waals surface area contributed by atoms with Gasteiger partial charge in [-0.25, -0.2) is 0 Å². The van der Waals surface area contributed by atoms with Crippen LogP contribution in [-0.4, -0.2) is 25.1 Å². The average molecular weight is 398 g/mol. The van der Waals surface area contributed by atoms with Crippen molar-refractivity contribution in [1.29, 1.82) is 0 Å². The highest BCUT2D eigenvalue weighted by molar-refractivity contribution is 6.06. The number of fused-ring (bicyclic) bond motifs is 5. The van der Waals surface area contributed by atoms with Crippen LogP contribution in [0.5, 0.6) is 17.2 Å². The van der Waals surface area contributed by atoms with Crippen LogP contribution < -0.4 is 9.47 Å². The molecule has 0 aliphatic heterocycles. The zero-order valence-corrected chi connectivity index (χ0v) is 16.9. The average Bonchev–Trinajstić information content (AvgIpc) is 2.77. The number of hydrogen-bond donors (Lipinski definition) is 1. The zero-order chi connectivity index (χ0) is 20.6. The maximum atomic E-state index is 13.4. The van der Waals surface area contributed by atoms with E-state index < -0.39 is 0 Å². The van der Waals surface area contributed by atoms with E-state index in [1.54, 1.807) is 26.4 Å². The molecule has 0 heterocycles. The number of benzene rings is 3. The lowest BCUT2D eigenvalue weighted by Crippen LogP contribution is -2.36. The van der Waals surface area contributed by atoms with Crippen molar-refractivity contribution in [1.82, 2.24) is 0 Å². The van der Waals surface area contributed by atoms with Gasteiger partial charge in [0.05, 0.1) is 19.8 Å². The van der Waals surface area contributed by atoms with E-state index in [0.29, 0.717) is 23.5 Å². The molecule has 3 atom stereocenters. The standard InChI is InChI=1S/C26H22O4/c1-29-20-12-21(30-2)25-23-15(8-5-9-18(23)27)16-10-13-6-3-4-7-14(13)17-11-19(28)24(20)26(25)22(16)17/h3-9,12,16-17,22,27H,10-11H2,1-2H3/t16-,17+,22-/m0/s1. The lowest BCUT2D eigenvalue weighted by atomic mass is 9.55. The first-order chi connectivity index (χ1) is 14.6. The second-order valence-corrected chi connectivity index (χ2v) is 8.46. The quantitative estimate of drug-likeness (QED) is 0.646. The van der Waals surface area contributed by atoms with Crippen molar-refractivity contribution in [2.75, 3.05) is 14.2 Å². The number of phenolic OH excluding ortho intramolecular Hbond substituents is 1. The molecule has 0 fully saturated rings. The lowest BCUT2D eigenvalue weighted by molar-refractivity contribution is 0.0946. The molecule has 0 unspecified atom stereocenters. The summed E-state index contributed by atoms with van der Waals surface area (Å²) in [6.07, 6.45) is 1.36. The maximum absolute atomic E-state index is 13.4. The fraction of sp³-hybridized carbons (Fsp3) is 0.269. The highest BCUT2D eigenvalue weighted by atomic mass is 16.5. The zero-order valence-electron chi connectivity index (χ0n) is 16.9. The molecule has 3 aromatic rings. The minimum Gasteiger partial charge on any atom is -0.507 e. The summed E-state index contributed by atoms with van der Waals surface area (Å²) in [4.78, 5) is 13.4. The summed E-state index contributed by atoms with van der Waals surface area (Å²) in [6.45, 7) is 0. The van der Waals surface area contributed by atoms with Crippen molar-refractivity contribution in [2.45, 2.75) is 30.6 Å². The van der Waals surface area contributed by atoms with Crippen molar-refractivity contribution >= 4 is 5.78 Å². The van der Waals surface area contributed by atoms with Gasteiger partial charge in [-0.05, 0) is 52.5 Å². The molecule has 3 aromatic carbocycles. The van der Waals surface area contributed by atoms with E-state index in [1.807, 2.05) is 6.07 Å². The molecule has 0 bridgehead atoms. The van der Waals surface area contributed by atoms with Crippen LogP contribution in [0.4, 0.5) is 0 Å². The Kier molecular flexibility index (Phi) is 3.58. The molecule has 0 spiro atoms. The van der Waals surface area contributed by atoms with Gasteiger partial charge in [-0.1, -0.05) is 36.4 Å². The predicted octanol–water partition coefficient (Wildman–Crippen LogP) is 5.18. The van der Waals surface area contributed by atoms with Gasteiger partial charge in [-0.2, -0.15) is 0 Å². The lowest BCUT2D eigenvalue weighted by Gasteiger charge is -2.47. The smallest absolute Gasteiger partial charge is 0.167 e. The number of aromatic hydroxyl groups is 1. The van der Waals surface area contributed by atoms with Crippen LogP contribution in [0.15, 0.2) is 48.5 Å². The number of hydrogen-bond acceptors (Lipinski definition) is 4. The topological polar surface area (TPSA) is 55.8 Å². The number of rotatable bonds is 2. The molecule has 1 N–H and O–H groups in total. The number of carbonyl (C=O) groups excluding carboxylic acids is 1. The molecule has 4 heteroatoms. The van der Waals surface area contributed by atoms with E-state index in [0.717, 1.165) is 28.7 Å². The van der Waals surface area contributed by atoms with Gasteiger partial charge in [0.15, 0.2) is 5.78 Å². The van der Waals surface area contributed by atoms with Gasteiger partial charge in [0, 0.05) is 23.6 Å². The fourth-order valence-electron chi connectivity index (χ4n) is 6.16. The second kappa shape index (κ2) is 6.11. The van der Waals surface area contributed by atoms with Gasteiger partial charge in [0.2, 0.25) is 0 Å². The minimum atomic E-state index is 0.0985. The molecule has 4 nitrogen and oxygen atoms in total. The summed E-state index contributed by atoms with van der Waals surface area (Å²) in [7, 11) is 3.22. The Labute approximate surface area is 175 Å². The largest absolute Gasteiger partial charge is 0.507 e. The van der Waals surface area contributed by atoms with Gasteiger partial charge < -0.3 is 14.6 Å². The van der Waals surface area contributed by atoms with Crippen molar-refractivity contribution in [2.24, 2.45) is 0 Å². The molecule has 0 aromatic heterocycles. The third-order valence-corrected chi connectivity index (χ3v) is 7.24. The molecule has 0 radical (unpaired) electrons. The number of methoxy groups -OCH3 is 2. The van der Waals surface area contributed by atoms with Gasteiger partial charge in [-0.15, -0.1) is 0 Å². The molecule has 150 valence electrons. The van der Waals surface area contributed by atoms with E-state index in [-0.39, 0.29) is 29.3 Å². The Hall–Kier alpha value is -3.27. The highest BCUT2D eigenvalue weighted by Gasteiger charge is 2.50. The normalized spacial score (nSPS) is 22.6. The first kappa shape index (κ1) is 17.6. The van der Waals surface area contributed by atoms with Crippen LogP contribution in [-0.2, 0) is 6.42 Å². The SMILES string of the molecule is COc1cc(OC)c2c3c1C(=O)C[C@@H]1c4ccccc4C[C@@H](c4cccc(O)c4-2)[C@H]31. The summed E-state index contributed by atoms with van der Waals surface area (Å²) in [5.41, 5.74) is 6.99. The van der Waals surface area contributed by atoms with Crippen molar-refractivity contribution in [3.63, 3.8) is 0 Å². The molecule has 3 aliphatic rings. The summed E-state index contributed by atoms with van der Waals surface area (Å²) < 4.78 is 11.4. The van der Waals surface area contributed by atoms with Gasteiger partial charge in [0.1, 0.15) is 17.2 Å². The first-order valence-electron chi connectivity index (χ1n) is 10.4. The van der Waals surface area contributed by atoms with E-state index >= 15 is 0 Å². The summed E-state index contributed by atoms with van der Waals surface area (Å²) in [6, 6.07) is 16.0. The van der Waals surface area contributed by atoms with Crippen LogP contribution in [0.2, 0.25) is 0 Å². The minimum absolute atomic E-state index is 0.0985. The molecule has 0 amide bonds. The first-order valence-corrected chi connectivity index (χ1v) is 10.4. The molecule has 0 saturated heterocycles. The number of carbonyl (C=O) groups is 1. The Morgan fingerprint density at radius 1 is 0.833 bits per heavy atom. The predicted molar refractivity (Wildman–Crippen MR) is 114 cm³/mol. The summed E-state index contributed by atoms with van der Waals surface area (Å²) in [5.74, 6) is 1.99. The third-order valence-electron chi connectivity index (χ3n) is 7.24. The summed E-state index contributed by atoms with van der Waals surface area (Å²) in [5, 5.41) is 10.9. The molecule has 30 heavy (non-hydrogen) atoms.